The summed E-state index contributed by atoms with van der Waals surface area (Å²) in [5, 5.41) is 3.11. The van der Waals surface area contributed by atoms with Crippen LogP contribution in [0.15, 0.2) is 18.2 Å². The van der Waals surface area contributed by atoms with E-state index in [4.69, 9.17) is 10.5 Å². The first kappa shape index (κ1) is 16.5. The number of primary amides is 1. The molecule has 0 saturated carbocycles. The zero-order chi connectivity index (χ0) is 15.3. The van der Waals surface area contributed by atoms with Crippen LogP contribution in [0.3, 0.4) is 0 Å². The van der Waals surface area contributed by atoms with Crippen LogP contribution in [-0.4, -0.2) is 24.6 Å². The number of rotatable bonds is 7. The third-order valence-corrected chi connectivity index (χ3v) is 3.16. The second-order valence-corrected chi connectivity index (χ2v) is 5.77. The smallest absolute Gasteiger partial charge is 0.238 e. The zero-order valence-corrected chi connectivity index (χ0v) is 13.1. The van der Waals surface area contributed by atoms with Gasteiger partial charge in [0.15, 0.2) is 0 Å². The number of benzene rings is 1. The number of carbonyl (C=O) groups excluding carboxylic acids is 1. The Morgan fingerprint density at radius 3 is 2.45 bits per heavy atom. The van der Waals surface area contributed by atoms with Crippen molar-refractivity contribution in [3.63, 3.8) is 0 Å². The van der Waals surface area contributed by atoms with Gasteiger partial charge in [-0.05, 0) is 30.0 Å². The quantitative estimate of drug-likeness (QED) is 0.804. The highest BCUT2D eigenvalue weighted by Gasteiger charge is 2.17. The van der Waals surface area contributed by atoms with Crippen molar-refractivity contribution in [2.24, 2.45) is 5.73 Å². The van der Waals surface area contributed by atoms with E-state index in [1.54, 1.807) is 0 Å². The fraction of sp³-hybridized carbons (Fsp3) is 0.562. The van der Waals surface area contributed by atoms with E-state index in [1.165, 1.54) is 5.56 Å². The molecule has 20 heavy (non-hydrogen) atoms. The number of hydrogen-bond donors (Lipinski definition) is 2. The maximum absolute atomic E-state index is 11.4. The van der Waals surface area contributed by atoms with E-state index in [2.05, 4.69) is 25.2 Å². The summed E-state index contributed by atoms with van der Waals surface area (Å²) in [7, 11) is 0. The second-order valence-electron chi connectivity index (χ2n) is 5.77. The molecule has 0 aliphatic rings. The van der Waals surface area contributed by atoms with Gasteiger partial charge in [0.2, 0.25) is 5.91 Å². The van der Waals surface area contributed by atoms with Gasteiger partial charge in [-0.25, -0.2) is 0 Å². The molecule has 3 N–H and O–H groups in total. The summed E-state index contributed by atoms with van der Waals surface area (Å²) in [4.78, 5) is 11.4. The van der Waals surface area contributed by atoms with Crippen molar-refractivity contribution in [2.45, 2.75) is 52.6 Å². The highest BCUT2D eigenvalue weighted by molar-refractivity contribution is 5.80. The molecule has 1 aromatic carbocycles. The second kappa shape index (κ2) is 7.29. The van der Waals surface area contributed by atoms with Gasteiger partial charge in [-0.15, -0.1) is 0 Å². The molecule has 0 saturated heterocycles. The van der Waals surface area contributed by atoms with Gasteiger partial charge < -0.3 is 15.8 Å². The summed E-state index contributed by atoms with van der Waals surface area (Å²) in [6.07, 6.45) is 0. The average Bonchev–Trinajstić information content (AvgIpc) is 2.35. The summed E-state index contributed by atoms with van der Waals surface area (Å²) in [6.45, 7) is 10.5. The van der Waals surface area contributed by atoms with Gasteiger partial charge >= 0.3 is 0 Å². The van der Waals surface area contributed by atoms with Gasteiger partial charge in [0, 0.05) is 6.04 Å². The lowest BCUT2D eigenvalue weighted by molar-refractivity contribution is -0.120. The lowest BCUT2D eigenvalue weighted by Gasteiger charge is -2.20. The first-order valence-corrected chi connectivity index (χ1v) is 7.10. The number of hydrogen-bond acceptors (Lipinski definition) is 3. The van der Waals surface area contributed by atoms with Crippen LogP contribution < -0.4 is 15.8 Å². The van der Waals surface area contributed by atoms with E-state index in [-0.39, 0.29) is 12.6 Å². The Bertz CT molecular complexity index is 456. The van der Waals surface area contributed by atoms with E-state index in [0.717, 1.165) is 11.3 Å². The monoisotopic (exact) mass is 278 g/mol. The Morgan fingerprint density at radius 1 is 1.30 bits per heavy atom. The molecule has 0 bridgehead atoms. The van der Waals surface area contributed by atoms with Crippen LogP contribution in [0.5, 0.6) is 5.75 Å². The lowest BCUT2D eigenvalue weighted by atomic mass is 10.0. The minimum Gasteiger partial charge on any atom is -0.491 e. The van der Waals surface area contributed by atoms with Crippen molar-refractivity contribution < 1.29 is 9.53 Å². The normalized spacial score (nSPS) is 12.8. The molecule has 1 amide bonds. The molecular weight excluding hydrogens is 252 g/mol. The minimum absolute atomic E-state index is 0.180. The molecule has 0 radical (unpaired) electrons. The number of nitrogens with two attached hydrogens (primary N) is 1. The molecule has 0 aliphatic heterocycles. The van der Waals surface area contributed by atoms with Crippen LogP contribution in [-0.2, 0) is 4.79 Å². The molecule has 0 heterocycles. The van der Waals surface area contributed by atoms with E-state index in [1.807, 2.05) is 32.9 Å². The van der Waals surface area contributed by atoms with Crippen molar-refractivity contribution in [1.29, 1.82) is 0 Å². The fourth-order valence-electron chi connectivity index (χ4n) is 1.92. The average molecular weight is 278 g/mol. The fourth-order valence-corrected chi connectivity index (χ4v) is 1.92. The highest BCUT2D eigenvalue weighted by Crippen LogP contribution is 2.24. The SMILES string of the molecule is Cc1ccc(C(C)C)cc1OCC(NC(C)C)C(N)=O. The molecule has 1 aromatic rings. The molecule has 0 spiro atoms. The predicted molar refractivity (Wildman–Crippen MR) is 82.0 cm³/mol. The van der Waals surface area contributed by atoms with E-state index >= 15 is 0 Å². The molecule has 0 aliphatic carbocycles. The minimum atomic E-state index is -0.475. The van der Waals surface area contributed by atoms with Crippen molar-refractivity contribution in [1.82, 2.24) is 5.32 Å². The first-order valence-electron chi connectivity index (χ1n) is 7.10. The molecular formula is C16H26N2O2. The standard InChI is InChI=1S/C16H26N2O2/c1-10(2)13-7-6-12(5)15(8-13)20-9-14(16(17)19)18-11(3)4/h6-8,10-11,14,18H,9H2,1-5H3,(H2,17,19). The first-order chi connectivity index (χ1) is 9.31. The zero-order valence-electron chi connectivity index (χ0n) is 13.1. The summed E-state index contributed by atoms with van der Waals surface area (Å²) in [5.74, 6) is 0.864. The molecule has 0 aromatic heterocycles. The number of amides is 1. The van der Waals surface area contributed by atoms with Crippen molar-refractivity contribution in [3.05, 3.63) is 29.3 Å². The van der Waals surface area contributed by atoms with Gasteiger partial charge in [-0.1, -0.05) is 39.8 Å². The largest absolute Gasteiger partial charge is 0.491 e. The number of aryl methyl sites for hydroxylation is 1. The summed E-state index contributed by atoms with van der Waals surface area (Å²) in [6, 6.07) is 5.88. The van der Waals surface area contributed by atoms with Crippen molar-refractivity contribution in [3.8, 4) is 5.75 Å². The maximum Gasteiger partial charge on any atom is 0.238 e. The summed E-state index contributed by atoms with van der Waals surface area (Å²) in [5.41, 5.74) is 7.66. The van der Waals surface area contributed by atoms with Crippen LogP contribution in [0.2, 0.25) is 0 Å². The Balaban J connectivity index is 2.76. The van der Waals surface area contributed by atoms with Crippen LogP contribution >= 0.6 is 0 Å². The lowest BCUT2D eigenvalue weighted by Crippen LogP contribution is -2.48. The Labute approximate surface area is 121 Å². The van der Waals surface area contributed by atoms with Crippen LogP contribution in [0.25, 0.3) is 0 Å². The van der Waals surface area contributed by atoms with Gasteiger partial charge in [0.05, 0.1) is 0 Å². The number of ether oxygens (including phenoxy) is 1. The van der Waals surface area contributed by atoms with E-state index < -0.39 is 11.9 Å². The third-order valence-electron chi connectivity index (χ3n) is 3.16. The Kier molecular flexibility index (Phi) is 6.02. The third kappa shape index (κ3) is 4.85. The molecule has 1 unspecified atom stereocenters. The highest BCUT2D eigenvalue weighted by atomic mass is 16.5. The molecule has 1 rings (SSSR count). The van der Waals surface area contributed by atoms with Crippen molar-refractivity contribution >= 4 is 5.91 Å². The molecule has 0 fully saturated rings. The van der Waals surface area contributed by atoms with E-state index in [9.17, 15) is 4.79 Å². The Morgan fingerprint density at radius 2 is 1.95 bits per heavy atom. The Hall–Kier alpha value is -1.55. The van der Waals surface area contributed by atoms with Crippen LogP contribution in [0, 0.1) is 6.92 Å². The predicted octanol–water partition coefficient (Wildman–Crippen LogP) is 2.35. The van der Waals surface area contributed by atoms with Crippen LogP contribution in [0.1, 0.15) is 44.7 Å². The van der Waals surface area contributed by atoms with Crippen LogP contribution in [0.4, 0.5) is 0 Å². The van der Waals surface area contributed by atoms with Crippen molar-refractivity contribution in [2.75, 3.05) is 6.61 Å². The maximum atomic E-state index is 11.4. The number of nitrogens with one attached hydrogen (secondary N) is 1. The van der Waals surface area contributed by atoms with Gasteiger partial charge in [-0.3, -0.25) is 4.79 Å². The molecule has 4 nitrogen and oxygen atoms in total. The van der Waals surface area contributed by atoms with E-state index in [0.29, 0.717) is 5.92 Å². The summed E-state index contributed by atoms with van der Waals surface area (Å²) < 4.78 is 5.79. The topological polar surface area (TPSA) is 64.3 Å². The molecule has 112 valence electrons. The molecule has 1 atom stereocenters. The van der Waals surface area contributed by atoms with Gasteiger partial charge in [-0.2, -0.15) is 0 Å². The van der Waals surface area contributed by atoms with Gasteiger partial charge in [0.25, 0.3) is 0 Å². The number of carbonyl (C=O) groups is 1. The summed E-state index contributed by atoms with van der Waals surface area (Å²) >= 11 is 0. The molecule has 4 heteroatoms. The van der Waals surface area contributed by atoms with Gasteiger partial charge in [0.1, 0.15) is 18.4 Å².